The van der Waals surface area contributed by atoms with E-state index < -0.39 is 0 Å². The quantitative estimate of drug-likeness (QED) is 0.847. The Morgan fingerprint density at radius 1 is 1.18 bits per heavy atom. The summed E-state index contributed by atoms with van der Waals surface area (Å²) in [5.41, 5.74) is 1.36. The van der Waals surface area contributed by atoms with E-state index >= 15 is 0 Å². The van der Waals surface area contributed by atoms with Gasteiger partial charge in [0.15, 0.2) is 0 Å². The third kappa shape index (κ3) is 3.09. The second kappa shape index (κ2) is 5.21. The van der Waals surface area contributed by atoms with Crippen molar-refractivity contribution in [1.29, 1.82) is 0 Å². The van der Waals surface area contributed by atoms with Crippen molar-refractivity contribution < 1.29 is 0 Å². The fraction of sp³-hybridized carbons (Fsp3) is 0.786. The van der Waals surface area contributed by atoms with Crippen LogP contribution < -0.4 is 5.32 Å². The molecule has 1 N–H and O–H groups in total. The Labute approximate surface area is 104 Å². The summed E-state index contributed by atoms with van der Waals surface area (Å²) in [6, 6.07) is 0.785. The van der Waals surface area contributed by atoms with Crippen LogP contribution in [-0.4, -0.2) is 15.6 Å². The Balaban J connectivity index is 1.55. The van der Waals surface area contributed by atoms with Crippen molar-refractivity contribution in [2.75, 3.05) is 0 Å². The van der Waals surface area contributed by atoms with Crippen molar-refractivity contribution >= 4 is 0 Å². The molecule has 2 aliphatic carbocycles. The Kier molecular flexibility index (Phi) is 3.46. The van der Waals surface area contributed by atoms with Crippen molar-refractivity contribution in [3.8, 4) is 0 Å². The van der Waals surface area contributed by atoms with Gasteiger partial charge in [0.1, 0.15) is 0 Å². The maximum atomic E-state index is 4.31. The second-order valence-corrected chi connectivity index (χ2v) is 5.70. The van der Waals surface area contributed by atoms with Gasteiger partial charge >= 0.3 is 0 Å². The fourth-order valence-electron chi connectivity index (χ4n) is 2.84. The molecule has 17 heavy (non-hydrogen) atoms. The van der Waals surface area contributed by atoms with Crippen LogP contribution in [0.15, 0.2) is 12.5 Å². The molecule has 1 aromatic heterocycles. The largest absolute Gasteiger partial charge is 0.333 e. The van der Waals surface area contributed by atoms with Crippen LogP contribution in [0.2, 0.25) is 0 Å². The molecule has 0 saturated heterocycles. The second-order valence-electron chi connectivity index (χ2n) is 5.70. The van der Waals surface area contributed by atoms with Crippen LogP contribution in [0.1, 0.15) is 50.6 Å². The molecule has 0 radical (unpaired) electrons. The molecule has 2 saturated carbocycles. The third-order valence-electron chi connectivity index (χ3n) is 4.13. The minimum atomic E-state index is 0.785. The van der Waals surface area contributed by atoms with E-state index in [2.05, 4.69) is 14.9 Å². The summed E-state index contributed by atoms with van der Waals surface area (Å²) in [4.78, 5) is 4.31. The van der Waals surface area contributed by atoms with Gasteiger partial charge in [-0.2, -0.15) is 0 Å². The first-order chi connectivity index (χ1) is 8.42. The first kappa shape index (κ1) is 11.3. The van der Waals surface area contributed by atoms with Gasteiger partial charge in [0.25, 0.3) is 0 Å². The highest BCUT2D eigenvalue weighted by Gasteiger charge is 2.21. The van der Waals surface area contributed by atoms with Crippen LogP contribution in [-0.2, 0) is 13.1 Å². The Bertz CT molecular complexity index is 348. The van der Waals surface area contributed by atoms with E-state index in [-0.39, 0.29) is 0 Å². The predicted molar refractivity (Wildman–Crippen MR) is 68.7 cm³/mol. The standard InChI is InChI=1S/C14H23N3/c1-2-4-12(5-3-1)10-17-11-15-8-14(17)9-16-13-6-7-13/h8,11-13,16H,1-7,9-10H2. The lowest BCUT2D eigenvalue weighted by Gasteiger charge is -2.22. The van der Waals surface area contributed by atoms with Crippen molar-refractivity contribution in [2.45, 2.75) is 64.1 Å². The minimum Gasteiger partial charge on any atom is -0.333 e. The van der Waals surface area contributed by atoms with Gasteiger partial charge in [0, 0.05) is 25.3 Å². The molecular formula is C14H23N3. The first-order valence-electron chi connectivity index (χ1n) is 7.14. The van der Waals surface area contributed by atoms with E-state index in [0.717, 1.165) is 18.5 Å². The van der Waals surface area contributed by atoms with Gasteiger partial charge < -0.3 is 9.88 Å². The van der Waals surface area contributed by atoms with E-state index in [1.54, 1.807) is 0 Å². The zero-order valence-corrected chi connectivity index (χ0v) is 10.6. The average Bonchev–Trinajstić information content (AvgIpc) is 3.09. The Morgan fingerprint density at radius 2 is 2.00 bits per heavy atom. The average molecular weight is 233 g/mol. The van der Waals surface area contributed by atoms with E-state index in [4.69, 9.17) is 0 Å². The highest BCUT2D eigenvalue weighted by Crippen LogP contribution is 2.25. The van der Waals surface area contributed by atoms with Crippen LogP contribution in [0, 0.1) is 5.92 Å². The van der Waals surface area contributed by atoms with Gasteiger partial charge in [0.05, 0.1) is 12.0 Å². The third-order valence-corrected chi connectivity index (χ3v) is 4.13. The summed E-state index contributed by atoms with van der Waals surface area (Å²) in [6.45, 7) is 2.18. The molecule has 0 unspecified atom stereocenters. The molecule has 3 nitrogen and oxygen atoms in total. The van der Waals surface area contributed by atoms with Gasteiger partial charge in [-0.15, -0.1) is 0 Å². The number of imidazole rings is 1. The monoisotopic (exact) mass is 233 g/mol. The van der Waals surface area contributed by atoms with Crippen molar-refractivity contribution in [3.63, 3.8) is 0 Å². The molecule has 0 amide bonds. The van der Waals surface area contributed by atoms with Crippen LogP contribution in [0.4, 0.5) is 0 Å². The first-order valence-corrected chi connectivity index (χ1v) is 7.14. The molecule has 0 atom stereocenters. The molecule has 1 heterocycles. The van der Waals surface area contributed by atoms with Crippen molar-refractivity contribution in [1.82, 2.24) is 14.9 Å². The number of rotatable bonds is 5. The zero-order valence-electron chi connectivity index (χ0n) is 10.6. The highest BCUT2D eigenvalue weighted by atomic mass is 15.1. The molecule has 2 aliphatic rings. The molecule has 3 rings (SSSR count). The van der Waals surface area contributed by atoms with Gasteiger partial charge in [-0.1, -0.05) is 19.3 Å². The van der Waals surface area contributed by atoms with E-state index in [0.29, 0.717) is 0 Å². The molecular weight excluding hydrogens is 210 g/mol. The fourth-order valence-corrected chi connectivity index (χ4v) is 2.84. The molecule has 2 fully saturated rings. The maximum Gasteiger partial charge on any atom is 0.0948 e. The van der Waals surface area contributed by atoms with Crippen LogP contribution >= 0.6 is 0 Å². The molecule has 0 aromatic carbocycles. The number of hydrogen-bond donors (Lipinski definition) is 1. The van der Waals surface area contributed by atoms with E-state index in [9.17, 15) is 0 Å². The summed E-state index contributed by atoms with van der Waals surface area (Å²) in [5.74, 6) is 0.887. The molecule has 94 valence electrons. The molecule has 0 bridgehead atoms. The number of aromatic nitrogens is 2. The SMILES string of the molecule is c1ncn(CC2CCCCC2)c1CNC1CC1. The van der Waals surface area contributed by atoms with Crippen LogP contribution in [0.5, 0.6) is 0 Å². The summed E-state index contributed by atoms with van der Waals surface area (Å²) >= 11 is 0. The molecule has 0 aliphatic heterocycles. The summed E-state index contributed by atoms with van der Waals surface area (Å²) in [5, 5.41) is 3.58. The van der Waals surface area contributed by atoms with E-state index in [1.807, 2.05) is 12.5 Å². The number of hydrogen-bond acceptors (Lipinski definition) is 2. The maximum absolute atomic E-state index is 4.31. The van der Waals surface area contributed by atoms with Gasteiger partial charge in [-0.25, -0.2) is 4.98 Å². The molecule has 1 aromatic rings. The van der Waals surface area contributed by atoms with Crippen LogP contribution in [0.3, 0.4) is 0 Å². The predicted octanol–water partition coefficient (Wildman–Crippen LogP) is 2.72. The molecule has 3 heteroatoms. The van der Waals surface area contributed by atoms with Crippen LogP contribution in [0.25, 0.3) is 0 Å². The zero-order chi connectivity index (χ0) is 11.5. The molecule has 0 spiro atoms. The highest BCUT2D eigenvalue weighted by molar-refractivity contribution is 4.99. The minimum absolute atomic E-state index is 0.785. The summed E-state index contributed by atoms with van der Waals surface area (Å²) in [6.07, 6.45) is 13.9. The number of nitrogens with zero attached hydrogens (tertiary/aromatic N) is 2. The smallest absolute Gasteiger partial charge is 0.0948 e. The van der Waals surface area contributed by atoms with E-state index in [1.165, 1.54) is 57.2 Å². The lowest BCUT2D eigenvalue weighted by Crippen LogP contribution is -2.20. The summed E-state index contributed by atoms with van der Waals surface area (Å²) < 4.78 is 2.37. The van der Waals surface area contributed by atoms with Gasteiger partial charge in [-0.05, 0) is 31.6 Å². The normalized spacial score (nSPS) is 21.9. The topological polar surface area (TPSA) is 29.9 Å². The summed E-state index contributed by atoms with van der Waals surface area (Å²) in [7, 11) is 0. The lowest BCUT2D eigenvalue weighted by atomic mass is 9.89. The Hall–Kier alpha value is -0.830. The van der Waals surface area contributed by atoms with Crippen molar-refractivity contribution in [3.05, 3.63) is 18.2 Å². The van der Waals surface area contributed by atoms with Gasteiger partial charge in [0.2, 0.25) is 0 Å². The lowest BCUT2D eigenvalue weighted by molar-refractivity contribution is 0.315. The Morgan fingerprint density at radius 3 is 2.76 bits per heavy atom. The van der Waals surface area contributed by atoms with Gasteiger partial charge in [-0.3, -0.25) is 0 Å². The van der Waals surface area contributed by atoms with Crippen molar-refractivity contribution in [2.24, 2.45) is 5.92 Å². The number of nitrogens with one attached hydrogen (secondary N) is 1.